The maximum atomic E-state index is 13.5. The average Bonchev–Trinajstić information content (AvgIpc) is 3.10. The van der Waals surface area contributed by atoms with Crippen molar-refractivity contribution in [2.75, 3.05) is 33.4 Å². The Morgan fingerprint density at radius 1 is 0.652 bits per heavy atom. The van der Waals surface area contributed by atoms with Crippen LogP contribution in [0.4, 0.5) is 0 Å². The van der Waals surface area contributed by atoms with Crippen LogP contribution in [-0.4, -0.2) is 50.1 Å². The molecule has 0 N–H and O–H groups in total. The van der Waals surface area contributed by atoms with E-state index in [1.54, 1.807) is 18.2 Å². The molecule has 0 radical (unpaired) electrons. The number of methoxy groups -OCH3 is 1. The summed E-state index contributed by atoms with van der Waals surface area (Å²) < 4.78 is 16.8. The van der Waals surface area contributed by atoms with Crippen molar-refractivity contribution < 1.29 is 23.8 Å². The number of unbranched alkanes of at least 4 members (excludes halogenated alkanes) is 4. The van der Waals surface area contributed by atoms with Crippen LogP contribution in [0, 0.1) is 0 Å². The molecule has 0 saturated heterocycles. The number of nitrogens with zero attached hydrogens (tertiary/aromatic N) is 1. The topological polar surface area (TPSA) is 65.1 Å². The number of carbonyl (C=O) groups is 2. The molecule has 242 valence electrons. The van der Waals surface area contributed by atoms with Gasteiger partial charge < -0.3 is 14.2 Å². The number of benzene rings is 4. The van der Waals surface area contributed by atoms with Crippen LogP contribution in [0.2, 0.25) is 0 Å². The van der Waals surface area contributed by atoms with Crippen LogP contribution in [0.15, 0.2) is 109 Å². The molecule has 0 unspecified atom stereocenters. The number of rotatable bonds is 21. The van der Waals surface area contributed by atoms with E-state index in [1.807, 2.05) is 48.5 Å². The van der Waals surface area contributed by atoms with Crippen molar-refractivity contribution in [3.63, 3.8) is 0 Å². The average molecular weight is 622 g/mol. The second-order valence-corrected chi connectivity index (χ2v) is 11.6. The summed E-state index contributed by atoms with van der Waals surface area (Å²) in [5, 5.41) is 0. The highest BCUT2D eigenvalue weighted by Gasteiger charge is 2.19. The van der Waals surface area contributed by atoms with E-state index < -0.39 is 5.97 Å². The van der Waals surface area contributed by atoms with E-state index in [4.69, 9.17) is 14.2 Å². The molecular weight excluding hydrogens is 574 g/mol. The summed E-state index contributed by atoms with van der Waals surface area (Å²) in [5.41, 5.74) is 4.25. The van der Waals surface area contributed by atoms with E-state index in [1.165, 1.54) is 12.7 Å². The van der Waals surface area contributed by atoms with Crippen molar-refractivity contribution in [3.8, 4) is 5.75 Å². The fourth-order valence-corrected chi connectivity index (χ4v) is 5.36. The third-order valence-corrected chi connectivity index (χ3v) is 7.92. The molecule has 0 aliphatic carbocycles. The van der Waals surface area contributed by atoms with Crippen LogP contribution in [0.5, 0.6) is 5.75 Å². The van der Waals surface area contributed by atoms with Crippen molar-refractivity contribution in [2.24, 2.45) is 0 Å². The monoisotopic (exact) mass is 621 g/mol. The van der Waals surface area contributed by atoms with Crippen LogP contribution in [0.25, 0.3) is 0 Å². The largest absolute Gasteiger partial charge is 0.488 e. The molecule has 0 saturated carbocycles. The van der Waals surface area contributed by atoms with Crippen molar-refractivity contribution in [1.82, 2.24) is 4.90 Å². The Morgan fingerprint density at radius 2 is 1.26 bits per heavy atom. The van der Waals surface area contributed by atoms with Crippen LogP contribution in [0.3, 0.4) is 0 Å². The zero-order valence-corrected chi connectivity index (χ0v) is 27.1. The lowest BCUT2D eigenvalue weighted by Crippen LogP contribution is -2.30. The van der Waals surface area contributed by atoms with Gasteiger partial charge in [0, 0.05) is 25.3 Å². The van der Waals surface area contributed by atoms with Gasteiger partial charge in [0.05, 0.1) is 13.7 Å². The van der Waals surface area contributed by atoms with Gasteiger partial charge in [-0.1, -0.05) is 104 Å². The normalized spacial score (nSPS) is 11.0. The first-order chi connectivity index (χ1) is 22.6. The molecule has 0 aliphatic heterocycles. The molecule has 0 spiro atoms. The van der Waals surface area contributed by atoms with Crippen molar-refractivity contribution in [3.05, 3.63) is 137 Å². The smallest absolute Gasteiger partial charge is 0.341 e. The van der Waals surface area contributed by atoms with Gasteiger partial charge >= 0.3 is 5.97 Å². The third kappa shape index (κ3) is 12.3. The number of ketones is 1. The summed E-state index contributed by atoms with van der Waals surface area (Å²) in [6.45, 7) is 3.67. The maximum Gasteiger partial charge on any atom is 0.341 e. The molecule has 4 aromatic carbocycles. The number of aryl methyl sites for hydroxylation is 1. The molecule has 0 amide bonds. The van der Waals surface area contributed by atoms with E-state index in [9.17, 15) is 9.59 Å². The van der Waals surface area contributed by atoms with Crippen molar-refractivity contribution in [2.45, 2.75) is 58.1 Å². The zero-order valence-electron chi connectivity index (χ0n) is 27.1. The Labute approximate surface area is 274 Å². The minimum Gasteiger partial charge on any atom is -0.488 e. The Kier molecular flexibility index (Phi) is 15.0. The third-order valence-electron chi connectivity index (χ3n) is 7.92. The molecule has 0 heterocycles. The van der Waals surface area contributed by atoms with Gasteiger partial charge in [0.15, 0.2) is 5.78 Å². The van der Waals surface area contributed by atoms with Crippen molar-refractivity contribution in [1.29, 1.82) is 0 Å². The van der Waals surface area contributed by atoms with E-state index in [-0.39, 0.29) is 17.9 Å². The molecule has 4 rings (SSSR count). The van der Waals surface area contributed by atoms with Gasteiger partial charge in [-0.2, -0.15) is 0 Å². The fourth-order valence-electron chi connectivity index (χ4n) is 5.36. The van der Waals surface area contributed by atoms with E-state index in [0.717, 1.165) is 75.8 Å². The molecule has 0 aromatic heterocycles. The Balaban J connectivity index is 1.24. The molecule has 0 fully saturated rings. The van der Waals surface area contributed by atoms with Crippen molar-refractivity contribution >= 4 is 11.8 Å². The zero-order chi connectivity index (χ0) is 32.2. The van der Waals surface area contributed by atoms with Gasteiger partial charge in [-0.3, -0.25) is 9.69 Å². The Morgan fingerprint density at radius 3 is 1.93 bits per heavy atom. The molecule has 0 atom stereocenters. The molecule has 4 aromatic rings. The minimum absolute atomic E-state index is 0.0450. The Hall–Kier alpha value is -4.26. The molecule has 0 aliphatic rings. The molecular formula is C40H47NO5. The highest BCUT2D eigenvalue weighted by molar-refractivity contribution is 6.01. The number of hydrogen-bond donors (Lipinski definition) is 0. The van der Waals surface area contributed by atoms with Gasteiger partial charge in [0.2, 0.25) is 0 Å². The number of hydrogen-bond acceptors (Lipinski definition) is 6. The first-order valence-corrected chi connectivity index (χ1v) is 16.4. The lowest BCUT2D eigenvalue weighted by Gasteiger charge is -2.22. The molecule has 46 heavy (non-hydrogen) atoms. The van der Waals surface area contributed by atoms with Gasteiger partial charge in [-0.15, -0.1) is 0 Å². The first kappa shape index (κ1) is 34.6. The molecule has 0 bridgehead atoms. The predicted molar refractivity (Wildman–Crippen MR) is 183 cm³/mol. The van der Waals surface area contributed by atoms with Gasteiger partial charge in [-0.05, 0) is 73.5 Å². The summed E-state index contributed by atoms with van der Waals surface area (Å²) in [7, 11) is 1.33. The minimum atomic E-state index is -0.532. The lowest BCUT2D eigenvalue weighted by atomic mass is 10.0. The first-order valence-electron chi connectivity index (χ1n) is 16.4. The second-order valence-electron chi connectivity index (χ2n) is 11.6. The SMILES string of the molecule is COC(=O)c1cc(C(=O)CN(CCCCCCOCCCCc2ccccc2)Cc2ccccc2)ccc1OCc1ccccc1. The van der Waals surface area contributed by atoms with E-state index in [0.29, 0.717) is 24.5 Å². The summed E-state index contributed by atoms with van der Waals surface area (Å²) in [5.74, 6) is -0.184. The molecule has 6 nitrogen and oxygen atoms in total. The fraction of sp³-hybridized carbons (Fsp3) is 0.350. The highest BCUT2D eigenvalue weighted by Crippen LogP contribution is 2.23. The quantitative estimate of drug-likeness (QED) is 0.0530. The number of Topliss-reactive ketones (excluding diaryl/α,β-unsaturated/α-hetero) is 1. The lowest BCUT2D eigenvalue weighted by molar-refractivity contribution is 0.0595. The summed E-state index contributed by atoms with van der Waals surface area (Å²) in [6, 6.07) is 35.6. The molecule has 6 heteroatoms. The maximum absolute atomic E-state index is 13.5. The van der Waals surface area contributed by atoms with Crippen LogP contribution in [0.1, 0.15) is 75.9 Å². The van der Waals surface area contributed by atoms with Crippen LogP contribution < -0.4 is 4.74 Å². The van der Waals surface area contributed by atoms with E-state index >= 15 is 0 Å². The summed E-state index contributed by atoms with van der Waals surface area (Å²) >= 11 is 0. The van der Waals surface area contributed by atoms with Crippen LogP contribution >= 0.6 is 0 Å². The summed E-state index contributed by atoms with van der Waals surface area (Å²) in [6.07, 6.45) is 7.56. The van der Waals surface area contributed by atoms with E-state index in [2.05, 4.69) is 47.4 Å². The number of esters is 1. The Bertz CT molecular complexity index is 1440. The second kappa shape index (κ2) is 20.0. The van der Waals surface area contributed by atoms with Gasteiger partial charge in [0.25, 0.3) is 0 Å². The standard InChI is InChI=1S/C40H47NO5/c1-44-40(43)37-29-36(24-25-39(37)46-32-35-22-11-6-12-23-35)38(42)31-41(30-34-20-9-5-10-21-34)26-14-2-3-15-27-45-28-16-13-19-33-17-7-4-8-18-33/h4-12,17-18,20-25,29H,2-3,13-16,19,26-28,30-32H2,1H3. The highest BCUT2D eigenvalue weighted by atomic mass is 16.5. The van der Waals surface area contributed by atoms with Crippen LogP contribution in [-0.2, 0) is 29.0 Å². The predicted octanol–water partition coefficient (Wildman–Crippen LogP) is 8.34. The number of ether oxygens (including phenoxy) is 3. The van der Waals surface area contributed by atoms with Gasteiger partial charge in [-0.25, -0.2) is 4.79 Å². The summed E-state index contributed by atoms with van der Waals surface area (Å²) in [4.78, 5) is 28.3. The van der Waals surface area contributed by atoms with Gasteiger partial charge in [0.1, 0.15) is 17.9 Å². The number of carbonyl (C=O) groups excluding carboxylic acids is 2.